The van der Waals surface area contributed by atoms with Crippen LogP contribution in [0.2, 0.25) is 0 Å². The standard InChI is InChI=1S/CF3.Li.H2O.Zr/c2-1(3)4;;;/h;;1H2;/q-1;+1;;/p-1. The Kier molecular flexibility index (Phi) is 53.9. The molecule has 0 radical (unpaired) electrons. The smallest absolute Gasteiger partial charge is 0.870 e. The van der Waals surface area contributed by atoms with E-state index in [1.54, 1.807) is 0 Å². The van der Waals surface area contributed by atoms with E-state index < -0.39 is 6.68 Å². The number of halogens is 3. The van der Waals surface area contributed by atoms with Crippen LogP contribution in [0.25, 0.3) is 0 Å². The molecule has 0 unspecified atom stereocenters. The number of hydrogen-bond acceptors (Lipinski definition) is 1. The molecular formula is CHF3LiOZr-. The van der Waals surface area contributed by atoms with E-state index in [-0.39, 0.29) is 50.5 Å². The normalized spacial score (nSPS) is 5.14. The summed E-state index contributed by atoms with van der Waals surface area (Å²) in [6, 6.07) is 0. The maximum atomic E-state index is 9.58. The molecule has 0 bridgehead atoms. The third-order valence-electron chi connectivity index (χ3n) is 0. The number of rotatable bonds is 0. The molecule has 0 spiro atoms. The summed E-state index contributed by atoms with van der Waals surface area (Å²) >= 11 is 0. The van der Waals surface area contributed by atoms with Gasteiger partial charge in [-0.05, 0) is 0 Å². The van der Waals surface area contributed by atoms with Crippen molar-refractivity contribution in [3.8, 4) is 0 Å². The third-order valence-corrected chi connectivity index (χ3v) is 0. The Morgan fingerprint density at radius 1 is 1.00 bits per heavy atom. The van der Waals surface area contributed by atoms with Crippen molar-refractivity contribution in [2.45, 2.75) is 0 Å². The van der Waals surface area contributed by atoms with E-state index in [1.165, 1.54) is 0 Å². The molecule has 0 aliphatic rings. The third kappa shape index (κ3) is 131. The van der Waals surface area contributed by atoms with E-state index in [0.29, 0.717) is 0 Å². The zero-order valence-electron chi connectivity index (χ0n) is 3.58. The van der Waals surface area contributed by atoms with E-state index in [2.05, 4.69) is 0 Å². The summed E-state index contributed by atoms with van der Waals surface area (Å²) < 4.78 is 28.8. The summed E-state index contributed by atoms with van der Waals surface area (Å²) in [7, 11) is 0. The van der Waals surface area contributed by atoms with Crippen molar-refractivity contribution in [2.75, 3.05) is 0 Å². The predicted octanol–water partition coefficient (Wildman–Crippen LogP) is -1.83. The van der Waals surface area contributed by atoms with Gasteiger partial charge in [-0.15, -0.1) is 0 Å². The molecule has 0 aromatic rings. The average Bonchev–Trinajstić information content (AvgIpc) is 0.811. The predicted molar refractivity (Wildman–Crippen MR) is 8.50 cm³/mol. The number of hydrogen-bond donors (Lipinski definition) is 0. The van der Waals surface area contributed by atoms with Crippen molar-refractivity contribution in [1.29, 1.82) is 0 Å². The Labute approximate surface area is 70.3 Å². The van der Waals surface area contributed by atoms with Gasteiger partial charge in [0.25, 0.3) is 0 Å². The first-order valence-electron chi connectivity index (χ1n) is 0.567. The summed E-state index contributed by atoms with van der Waals surface area (Å²) in [5.74, 6) is 0. The molecule has 0 aliphatic heterocycles. The molecule has 0 aromatic carbocycles. The van der Waals surface area contributed by atoms with Crippen LogP contribution in [0.5, 0.6) is 0 Å². The Bertz CT molecular complexity index is 19.7. The molecule has 0 fully saturated rings. The van der Waals surface area contributed by atoms with E-state index in [0.717, 1.165) is 0 Å². The van der Waals surface area contributed by atoms with Crippen molar-refractivity contribution in [3.63, 3.8) is 0 Å². The monoisotopic (exact) mass is 183 g/mol. The van der Waals surface area contributed by atoms with Crippen LogP contribution in [0.1, 0.15) is 0 Å². The molecule has 6 heteroatoms. The molecule has 0 rings (SSSR count). The first-order chi connectivity index (χ1) is 1.73. The molecule has 0 atom stereocenters. The van der Waals surface area contributed by atoms with Crippen molar-refractivity contribution in [3.05, 3.63) is 6.68 Å². The first kappa shape index (κ1) is 24.0. The molecule has 0 heterocycles. The van der Waals surface area contributed by atoms with Gasteiger partial charge in [0.1, 0.15) is 0 Å². The summed E-state index contributed by atoms with van der Waals surface area (Å²) in [4.78, 5) is 0. The maximum absolute atomic E-state index is 9.58. The van der Waals surface area contributed by atoms with Gasteiger partial charge in [-0.25, -0.2) is 0 Å². The van der Waals surface area contributed by atoms with Crippen LogP contribution in [-0.2, 0) is 26.2 Å². The zero-order chi connectivity index (χ0) is 3.58. The zero-order valence-corrected chi connectivity index (χ0v) is 6.04. The van der Waals surface area contributed by atoms with Gasteiger partial charge in [-0.3, -0.25) is 0 Å². The van der Waals surface area contributed by atoms with Crippen LogP contribution in [0.3, 0.4) is 0 Å². The van der Waals surface area contributed by atoms with E-state index in [9.17, 15) is 13.2 Å². The van der Waals surface area contributed by atoms with Gasteiger partial charge in [-0.1, -0.05) is 0 Å². The Balaban J connectivity index is -0.0000000150. The van der Waals surface area contributed by atoms with Crippen LogP contribution in [0, 0.1) is 6.68 Å². The van der Waals surface area contributed by atoms with Crippen molar-refractivity contribution >= 4 is 0 Å². The fourth-order valence-electron chi connectivity index (χ4n) is 0. The fourth-order valence-corrected chi connectivity index (χ4v) is 0. The quantitative estimate of drug-likeness (QED) is 0.321. The summed E-state index contributed by atoms with van der Waals surface area (Å²) in [6.07, 6.45) is 0. The van der Waals surface area contributed by atoms with Gasteiger partial charge in [-0.2, -0.15) is 0 Å². The van der Waals surface area contributed by atoms with Gasteiger partial charge >= 0.3 is 18.9 Å². The van der Waals surface area contributed by atoms with Gasteiger partial charge in [0, 0.05) is 26.2 Å². The molecule has 0 amide bonds. The molecule has 0 aromatic heterocycles. The fraction of sp³-hybridized carbons (Fsp3) is 0. The minimum Gasteiger partial charge on any atom is -0.870 e. The Morgan fingerprint density at radius 2 is 1.00 bits per heavy atom. The van der Waals surface area contributed by atoms with Crippen molar-refractivity contribution in [2.24, 2.45) is 0 Å². The first-order valence-corrected chi connectivity index (χ1v) is 0.567. The Morgan fingerprint density at radius 3 is 1.00 bits per heavy atom. The molecular weight excluding hydrogens is 183 g/mol. The summed E-state index contributed by atoms with van der Waals surface area (Å²) in [6.45, 7) is -3.08. The summed E-state index contributed by atoms with van der Waals surface area (Å²) in [5.41, 5.74) is 0. The average molecular weight is 184 g/mol. The van der Waals surface area contributed by atoms with Crippen molar-refractivity contribution < 1.29 is 63.7 Å². The van der Waals surface area contributed by atoms with Crippen LogP contribution < -0.4 is 18.9 Å². The van der Waals surface area contributed by atoms with Crippen molar-refractivity contribution in [1.82, 2.24) is 0 Å². The second-order valence-electron chi connectivity index (χ2n) is 0.214. The molecule has 0 aliphatic carbocycles. The molecule has 0 saturated heterocycles. The maximum Gasteiger partial charge on any atom is 1.00 e. The van der Waals surface area contributed by atoms with Crippen LogP contribution in [0.15, 0.2) is 0 Å². The van der Waals surface area contributed by atoms with E-state index >= 15 is 0 Å². The van der Waals surface area contributed by atoms with Gasteiger partial charge in [0.05, 0.1) is 0 Å². The molecule has 1 N–H and O–H groups in total. The molecule has 38 valence electrons. The van der Waals surface area contributed by atoms with Gasteiger partial charge < -0.3 is 18.6 Å². The van der Waals surface area contributed by atoms with Crippen LogP contribution in [-0.4, -0.2) is 5.48 Å². The largest absolute Gasteiger partial charge is 1.00 e. The second-order valence-corrected chi connectivity index (χ2v) is 0.214. The molecule has 7 heavy (non-hydrogen) atoms. The minimum atomic E-state index is -3.08. The second kappa shape index (κ2) is 15.7. The Hall–Kier alpha value is 1.23. The topological polar surface area (TPSA) is 30.0 Å². The van der Waals surface area contributed by atoms with Gasteiger partial charge in [0.15, 0.2) is 6.68 Å². The van der Waals surface area contributed by atoms with Gasteiger partial charge in [0.2, 0.25) is 0 Å². The SMILES string of the molecule is F[C-](F)F.[Li+].[OH-].[Zr]. The summed E-state index contributed by atoms with van der Waals surface area (Å²) in [5, 5.41) is 0. The van der Waals surface area contributed by atoms with E-state index in [4.69, 9.17) is 0 Å². The minimum absolute atomic E-state index is 0. The van der Waals surface area contributed by atoms with Crippen LogP contribution >= 0.6 is 0 Å². The van der Waals surface area contributed by atoms with Crippen LogP contribution in [0.4, 0.5) is 13.2 Å². The van der Waals surface area contributed by atoms with E-state index in [1.807, 2.05) is 0 Å². The molecule has 1 nitrogen and oxygen atoms in total. The molecule has 0 saturated carbocycles.